The number of benzene rings is 1. The minimum Gasteiger partial charge on any atom is -0.493 e. The van der Waals surface area contributed by atoms with E-state index in [9.17, 15) is 4.79 Å². The van der Waals surface area contributed by atoms with Gasteiger partial charge in [-0.15, -0.1) is 0 Å². The maximum atomic E-state index is 10.9. The molecule has 2 heterocycles. The first-order valence-electron chi connectivity index (χ1n) is 9.57. The monoisotopic (exact) mass is 368 g/mol. The number of rotatable bonds is 8. The van der Waals surface area contributed by atoms with Crippen molar-refractivity contribution >= 4 is 11.8 Å². The lowest BCUT2D eigenvalue weighted by Crippen LogP contribution is -2.19. The van der Waals surface area contributed by atoms with Crippen molar-refractivity contribution in [3.8, 4) is 5.75 Å². The van der Waals surface area contributed by atoms with Crippen LogP contribution in [-0.2, 0) is 24.1 Å². The van der Waals surface area contributed by atoms with Crippen LogP contribution >= 0.6 is 0 Å². The summed E-state index contributed by atoms with van der Waals surface area (Å²) in [5.41, 5.74) is 3.19. The molecule has 0 saturated heterocycles. The predicted molar refractivity (Wildman–Crippen MR) is 106 cm³/mol. The third kappa shape index (κ3) is 5.71. The molecule has 0 unspecified atom stereocenters. The molecule has 1 aliphatic rings. The van der Waals surface area contributed by atoms with Crippen LogP contribution in [0.4, 0.5) is 5.82 Å². The Morgan fingerprint density at radius 3 is 2.74 bits per heavy atom. The lowest BCUT2D eigenvalue weighted by Gasteiger charge is -2.22. The molecule has 0 aliphatic carbocycles. The van der Waals surface area contributed by atoms with Gasteiger partial charge >= 0.3 is 5.97 Å². The minimum atomic E-state index is -0.758. The van der Waals surface area contributed by atoms with E-state index in [0.29, 0.717) is 6.61 Å². The van der Waals surface area contributed by atoms with Crippen LogP contribution in [0.25, 0.3) is 0 Å². The van der Waals surface area contributed by atoms with E-state index < -0.39 is 5.97 Å². The Balaban J connectivity index is 1.49. The van der Waals surface area contributed by atoms with Gasteiger partial charge in [-0.25, -0.2) is 4.98 Å². The fourth-order valence-corrected chi connectivity index (χ4v) is 3.51. The second kappa shape index (κ2) is 8.42. The van der Waals surface area contributed by atoms with Crippen molar-refractivity contribution in [3.63, 3.8) is 0 Å². The Bertz CT molecular complexity index is 785. The van der Waals surface area contributed by atoms with Gasteiger partial charge in [0.05, 0.1) is 13.0 Å². The third-order valence-electron chi connectivity index (χ3n) is 4.81. The van der Waals surface area contributed by atoms with Gasteiger partial charge in [-0.05, 0) is 54.0 Å². The molecule has 0 amide bonds. The summed E-state index contributed by atoms with van der Waals surface area (Å²) < 4.78 is 5.85. The number of hydrogen-bond acceptors (Lipinski definition) is 4. The number of aryl methyl sites for hydroxylation is 1. The van der Waals surface area contributed by atoms with Crippen LogP contribution in [0.3, 0.4) is 0 Å². The zero-order chi connectivity index (χ0) is 19.3. The first-order chi connectivity index (χ1) is 12.9. The average Bonchev–Trinajstić information content (AvgIpc) is 2.62. The lowest BCUT2D eigenvalue weighted by molar-refractivity contribution is -0.139. The van der Waals surface area contributed by atoms with Gasteiger partial charge in [0.2, 0.25) is 0 Å². The molecule has 1 aromatic heterocycles. The number of carbonyl (C=O) groups is 1. The van der Waals surface area contributed by atoms with Crippen molar-refractivity contribution in [3.05, 3.63) is 53.2 Å². The highest BCUT2D eigenvalue weighted by molar-refractivity contribution is 5.67. The Labute approximate surface area is 160 Å². The van der Waals surface area contributed by atoms with Crippen LogP contribution in [0, 0.1) is 5.41 Å². The molecule has 5 nitrogen and oxygen atoms in total. The van der Waals surface area contributed by atoms with Crippen LogP contribution in [0.5, 0.6) is 5.75 Å². The summed E-state index contributed by atoms with van der Waals surface area (Å²) in [6, 6.07) is 12.2. The van der Waals surface area contributed by atoms with Gasteiger partial charge in [-0.3, -0.25) is 4.79 Å². The van der Waals surface area contributed by atoms with E-state index in [1.165, 1.54) is 12.0 Å². The first-order valence-corrected chi connectivity index (χ1v) is 9.57. The molecular weight excluding hydrogens is 340 g/mol. The number of carboxylic acid groups (broad SMARTS) is 1. The Morgan fingerprint density at radius 2 is 2.00 bits per heavy atom. The summed E-state index contributed by atoms with van der Waals surface area (Å²) in [7, 11) is 0. The summed E-state index contributed by atoms with van der Waals surface area (Å²) in [5.74, 6) is 1.09. The molecular formula is C22H28N2O3. The van der Waals surface area contributed by atoms with Crippen molar-refractivity contribution in [2.24, 2.45) is 5.41 Å². The SMILES string of the molecule is CC(C)(CC(=O)O)Cc1ccc(OCCc2ccc3c(n2)NCCC3)cc1. The third-order valence-corrected chi connectivity index (χ3v) is 4.81. The Morgan fingerprint density at radius 1 is 1.22 bits per heavy atom. The van der Waals surface area contributed by atoms with Crippen molar-refractivity contribution in [1.82, 2.24) is 4.98 Å². The second-order valence-corrected chi connectivity index (χ2v) is 7.99. The highest BCUT2D eigenvalue weighted by Gasteiger charge is 2.22. The van der Waals surface area contributed by atoms with E-state index in [1.807, 2.05) is 38.1 Å². The maximum absolute atomic E-state index is 10.9. The number of anilines is 1. The van der Waals surface area contributed by atoms with Crippen LogP contribution in [0.15, 0.2) is 36.4 Å². The summed E-state index contributed by atoms with van der Waals surface area (Å²) >= 11 is 0. The molecule has 0 fully saturated rings. The minimum absolute atomic E-state index is 0.161. The topological polar surface area (TPSA) is 71.5 Å². The number of aliphatic carboxylic acids is 1. The number of fused-ring (bicyclic) bond motifs is 1. The molecule has 144 valence electrons. The number of hydrogen-bond donors (Lipinski definition) is 2. The second-order valence-electron chi connectivity index (χ2n) is 7.99. The number of pyridine rings is 1. The van der Waals surface area contributed by atoms with Crippen molar-refractivity contribution < 1.29 is 14.6 Å². The zero-order valence-corrected chi connectivity index (χ0v) is 16.1. The predicted octanol–water partition coefficient (Wildman–Crippen LogP) is 4.10. The van der Waals surface area contributed by atoms with Crippen molar-refractivity contribution in [1.29, 1.82) is 0 Å². The van der Waals surface area contributed by atoms with Crippen LogP contribution in [0.1, 0.15) is 43.5 Å². The molecule has 5 heteroatoms. The number of carboxylic acids is 1. The number of nitrogens with zero attached hydrogens (tertiary/aromatic N) is 1. The van der Waals surface area contributed by atoms with E-state index >= 15 is 0 Å². The molecule has 0 atom stereocenters. The number of aromatic nitrogens is 1. The molecule has 0 radical (unpaired) electrons. The Hall–Kier alpha value is -2.56. The van der Waals surface area contributed by atoms with Crippen LogP contribution < -0.4 is 10.1 Å². The summed E-state index contributed by atoms with van der Waals surface area (Å²) in [5, 5.41) is 12.4. The average molecular weight is 368 g/mol. The molecule has 2 aromatic rings. The molecule has 0 spiro atoms. The van der Waals surface area contributed by atoms with E-state index in [1.54, 1.807) is 0 Å². The normalized spacial score (nSPS) is 13.6. The van der Waals surface area contributed by atoms with Gasteiger partial charge in [-0.1, -0.05) is 32.0 Å². The standard InChI is InChI=1S/C22H28N2O3/c1-22(2,15-20(25)26)14-16-5-9-19(10-6-16)27-13-11-18-8-7-17-4-3-12-23-21(17)24-18/h5-10H,3-4,11-15H2,1-2H3,(H,23,24)(H,25,26). The molecule has 27 heavy (non-hydrogen) atoms. The number of nitrogens with one attached hydrogen (secondary N) is 1. The van der Waals surface area contributed by atoms with E-state index in [0.717, 1.165) is 48.6 Å². The maximum Gasteiger partial charge on any atom is 0.303 e. The first kappa shape index (κ1) is 19.2. The quantitative estimate of drug-likeness (QED) is 0.734. The Kier molecular flexibility index (Phi) is 5.99. The van der Waals surface area contributed by atoms with Gasteiger partial charge in [0.1, 0.15) is 11.6 Å². The smallest absolute Gasteiger partial charge is 0.303 e. The lowest BCUT2D eigenvalue weighted by atomic mass is 9.83. The van der Waals surface area contributed by atoms with Crippen LogP contribution in [-0.4, -0.2) is 29.2 Å². The summed E-state index contributed by atoms with van der Waals surface area (Å²) in [6.45, 7) is 5.53. The van der Waals surface area contributed by atoms with Gasteiger partial charge in [0.15, 0.2) is 0 Å². The molecule has 3 rings (SSSR count). The molecule has 1 aromatic carbocycles. The molecule has 0 saturated carbocycles. The molecule has 0 bridgehead atoms. The largest absolute Gasteiger partial charge is 0.493 e. The highest BCUT2D eigenvalue weighted by Crippen LogP contribution is 2.27. The fourth-order valence-electron chi connectivity index (χ4n) is 3.51. The van der Waals surface area contributed by atoms with Gasteiger partial charge in [-0.2, -0.15) is 0 Å². The van der Waals surface area contributed by atoms with E-state index in [4.69, 9.17) is 9.84 Å². The van der Waals surface area contributed by atoms with Crippen LogP contribution in [0.2, 0.25) is 0 Å². The summed E-state index contributed by atoms with van der Waals surface area (Å²) in [6.07, 6.45) is 3.92. The van der Waals surface area contributed by atoms with Gasteiger partial charge in [0.25, 0.3) is 0 Å². The van der Waals surface area contributed by atoms with E-state index in [2.05, 4.69) is 22.4 Å². The molecule has 2 N–H and O–H groups in total. The van der Waals surface area contributed by atoms with Crippen molar-refractivity contribution in [2.75, 3.05) is 18.5 Å². The summed E-state index contributed by atoms with van der Waals surface area (Å²) in [4.78, 5) is 15.6. The molecule has 1 aliphatic heterocycles. The van der Waals surface area contributed by atoms with Gasteiger partial charge in [0, 0.05) is 18.7 Å². The zero-order valence-electron chi connectivity index (χ0n) is 16.1. The van der Waals surface area contributed by atoms with Gasteiger partial charge < -0.3 is 15.2 Å². The van der Waals surface area contributed by atoms with Crippen molar-refractivity contribution in [2.45, 2.75) is 46.0 Å². The number of ether oxygens (including phenoxy) is 1. The van der Waals surface area contributed by atoms with E-state index in [-0.39, 0.29) is 11.8 Å². The highest BCUT2D eigenvalue weighted by atomic mass is 16.5. The fraction of sp³-hybridized carbons (Fsp3) is 0.455.